The Kier molecular flexibility index (Phi) is 7.65. The largest absolute Gasteiger partial charge is 0.494 e. The van der Waals surface area contributed by atoms with Crippen molar-refractivity contribution in [2.75, 3.05) is 18.5 Å². The molecule has 1 fully saturated rings. The van der Waals surface area contributed by atoms with Gasteiger partial charge in [-0.15, -0.1) is 0 Å². The molecule has 0 radical (unpaired) electrons. The molecule has 0 saturated carbocycles. The zero-order valence-electron chi connectivity index (χ0n) is 20.9. The Morgan fingerprint density at radius 2 is 1.87 bits per heavy atom. The lowest BCUT2D eigenvalue weighted by Gasteiger charge is -2.29. The fourth-order valence-corrected chi connectivity index (χ4v) is 5.04. The molecule has 1 aliphatic heterocycles. The van der Waals surface area contributed by atoms with Crippen molar-refractivity contribution in [2.24, 2.45) is 0 Å². The van der Waals surface area contributed by atoms with Crippen LogP contribution in [0.2, 0.25) is 0 Å². The Morgan fingerprint density at radius 1 is 1.08 bits per heavy atom. The number of hydrogen-bond donors (Lipinski definition) is 2. The number of thiocarbonyl (C=S) groups is 1. The van der Waals surface area contributed by atoms with Crippen molar-refractivity contribution in [2.45, 2.75) is 25.4 Å². The van der Waals surface area contributed by atoms with Crippen LogP contribution in [0.3, 0.4) is 0 Å². The van der Waals surface area contributed by atoms with Crippen molar-refractivity contribution in [3.63, 3.8) is 0 Å². The van der Waals surface area contributed by atoms with E-state index in [0.29, 0.717) is 18.3 Å². The number of benzene rings is 2. The molecule has 0 unspecified atom stereocenters. The first kappa shape index (κ1) is 25.4. The van der Waals surface area contributed by atoms with Gasteiger partial charge in [0, 0.05) is 36.7 Å². The minimum atomic E-state index is -0.472. The second-order valence-electron chi connectivity index (χ2n) is 8.83. The van der Waals surface area contributed by atoms with Crippen molar-refractivity contribution in [1.82, 2.24) is 19.8 Å². The molecule has 2 atom stereocenters. The zero-order valence-corrected chi connectivity index (χ0v) is 21.7. The lowest BCUT2D eigenvalue weighted by molar-refractivity contribution is -0.116. The van der Waals surface area contributed by atoms with E-state index < -0.39 is 5.82 Å². The van der Waals surface area contributed by atoms with Crippen LogP contribution in [0.4, 0.5) is 10.1 Å². The maximum absolute atomic E-state index is 14.0. The van der Waals surface area contributed by atoms with Crippen LogP contribution in [0.15, 0.2) is 91.3 Å². The summed E-state index contributed by atoms with van der Waals surface area (Å²) in [5.41, 5.74) is 2.97. The summed E-state index contributed by atoms with van der Waals surface area (Å²) in [6.07, 6.45) is 3.89. The Bertz CT molecular complexity index is 1410. The molecule has 1 aliphatic rings. The van der Waals surface area contributed by atoms with Crippen molar-refractivity contribution >= 4 is 28.9 Å². The van der Waals surface area contributed by atoms with E-state index in [2.05, 4.69) is 26.3 Å². The van der Waals surface area contributed by atoms with E-state index in [4.69, 9.17) is 17.0 Å². The molecule has 2 aromatic carbocycles. The molecule has 7 nitrogen and oxygen atoms in total. The summed E-state index contributed by atoms with van der Waals surface area (Å²) in [5, 5.41) is 6.61. The number of ether oxygens (including phenoxy) is 1. The maximum atomic E-state index is 14.0. The first-order valence-electron chi connectivity index (χ1n) is 12.5. The molecule has 2 aromatic heterocycles. The van der Waals surface area contributed by atoms with Gasteiger partial charge >= 0.3 is 0 Å². The summed E-state index contributed by atoms with van der Waals surface area (Å²) in [7, 11) is 0. The first-order valence-corrected chi connectivity index (χ1v) is 12.9. The Balaban J connectivity index is 1.43. The minimum absolute atomic E-state index is 0.130. The van der Waals surface area contributed by atoms with E-state index >= 15 is 0 Å². The average Bonchev–Trinajstić information content (AvgIpc) is 3.54. The van der Waals surface area contributed by atoms with Crippen LogP contribution in [0.5, 0.6) is 5.75 Å². The van der Waals surface area contributed by atoms with E-state index in [9.17, 15) is 9.18 Å². The SMILES string of the molecule is CCOc1ccc(-n2cccc2[C@H]2[C@@H](c3ccccn3)NC(=S)N2CCC(=O)Nc2ccccc2F)cc1. The van der Waals surface area contributed by atoms with Gasteiger partial charge in [-0.25, -0.2) is 4.39 Å². The average molecular weight is 530 g/mol. The lowest BCUT2D eigenvalue weighted by atomic mass is 10.0. The van der Waals surface area contributed by atoms with Gasteiger partial charge in [0.05, 0.1) is 30.1 Å². The van der Waals surface area contributed by atoms with Crippen molar-refractivity contribution in [3.8, 4) is 11.4 Å². The first-order chi connectivity index (χ1) is 18.5. The molecule has 4 aromatic rings. The van der Waals surface area contributed by atoms with E-state index in [1.807, 2.05) is 66.6 Å². The van der Waals surface area contributed by atoms with Gasteiger partial charge in [-0.2, -0.15) is 0 Å². The van der Waals surface area contributed by atoms with Crippen LogP contribution in [-0.4, -0.2) is 38.6 Å². The number of anilines is 1. The smallest absolute Gasteiger partial charge is 0.226 e. The number of rotatable bonds is 9. The third kappa shape index (κ3) is 5.38. The number of aromatic nitrogens is 2. The van der Waals surface area contributed by atoms with Gasteiger partial charge in [0.15, 0.2) is 5.11 Å². The summed E-state index contributed by atoms with van der Waals surface area (Å²) >= 11 is 5.75. The summed E-state index contributed by atoms with van der Waals surface area (Å²) in [6.45, 7) is 2.90. The highest BCUT2D eigenvalue weighted by Gasteiger charge is 2.41. The number of carbonyl (C=O) groups is 1. The van der Waals surface area contributed by atoms with Gasteiger partial charge in [0.25, 0.3) is 0 Å². The number of amides is 1. The molecule has 38 heavy (non-hydrogen) atoms. The third-order valence-corrected chi connectivity index (χ3v) is 6.79. The third-order valence-electron chi connectivity index (χ3n) is 6.43. The molecule has 1 saturated heterocycles. The molecule has 9 heteroatoms. The lowest BCUT2D eigenvalue weighted by Crippen LogP contribution is -2.33. The molecular weight excluding hydrogens is 501 g/mol. The summed E-state index contributed by atoms with van der Waals surface area (Å²) < 4.78 is 21.8. The number of hydrogen-bond acceptors (Lipinski definition) is 4. The number of carbonyl (C=O) groups excluding carboxylic acids is 1. The van der Waals surface area contributed by atoms with Gasteiger partial charge in [0.2, 0.25) is 5.91 Å². The fraction of sp³-hybridized carbons (Fsp3) is 0.207. The van der Waals surface area contributed by atoms with E-state index in [1.54, 1.807) is 24.4 Å². The molecule has 2 N–H and O–H groups in total. The maximum Gasteiger partial charge on any atom is 0.226 e. The summed E-state index contributed by atoms with van der Waals surface area (Å²) in [6, 6.07) is 23.4. The van der Waals surface area contributed by atoms with Crippen molar-refractivity contribution in [1.29, 1.82) is 0 Å². The van der Waals surface area contributed by atoms with Crippen molar-refractivity contribution < 1.29 is 13.9 Å². The Labute approximate surface area is 226 Å². The molecule has 0 spiro atoms. The van der Waals surface area contributed by atoms with Crippen LogP contribution < -0.4 is 15.4 Å². The van der Waals surface area contributed by atoms with Crippen LogP contribution in [0.1, 0.15) is 36.8 Å². The second-order valence-corrected chi connectivity index (χ2v) is 9.21. The molecule has 5 rings (SSSR count). The van der Waals surface area contributed by atoms with Gasteiger partial charge in [-0.3, -0.25) is 9.78 Å². The van der Waals surface area contributed by atoms with Gasteiger partial charge in [-0.1, -0.05) is 18.2 Å². The Hall–Kier alpha value is -4.24. The van der Waals surface area contributed by atoms with E-state index in [1.165, 1.54) is 6.07 Å². The summed E-state index contributed by atoms with van der Waals surface area (Å²) in [4.78, 5) is 19.3. The van der Waals surface area contributed by atoms with Gasteiger partial charge in [-0.05, 0) is 79.8 Å². The molecule has 3 heterocycles. The number of nitrogens with zero attached hydrogens (tertiary/aromatic N) is 3. The second kappa shape index (κ2) is 11.4. The van der Waals surface area contributed by atoms with Gasteiger partial charge in [0.1, 0.15) is 11.6 Å². The standard InChI is InChI=1S/C29H28FN5O2S/c1-2-37-21-14-12-20(13-15-21)34-18-7-11-25(34)28-27(24-10-5-6-17-31-24)33-29(38)35(28)19-16-26(36)32-23-9-4-3-8-22(23)30/h3-15,17-18,27-28H,2,16,19H2,1H3,(H,32,36)(H,33,38)/t27-,28+/m1/s1. The topological polar surface area (TPSA) is 71.4 Å². The molecule has 194 valence electrons. The van der Waals surface area contributed by atoms with E-state index in [-0.39, 0.29) is 30.1 Å². The van der Waals surface area contributed by atoms with Crippen LogP contribution in [0.25, 0.3) is 5.69 Å². The fourth-order valence-electron chi connectivity index (χ4n) is 4.71. The van der Waals surface area contributed by atoms with Gasteiger partial charge < -0.3 is 24.8 Å². The number of halogens is 1. The molecular formula is C29H28FN5O2S. The van der Waals surface area contributed by atoms with Crippen molar-refractivity contribution in [3.05, 3.63) is 108 Å². The molecule has 0 bridgehead atoms. The quantitative estimate of drug-likeness (QED) is 0.283. The highest BCUT2D eigenvalue weighted by Crippen LogP contribution is 2.39. The highest BCUT2D eigenvalue weighted by atomic mass is 32.1. The number of nitrogens with one attached hydrogen (secondary N) is 2. The van der Waals surface area contributed by atoms with Crippen LogP contribution in [-0.2, 0) is 4.79 Å². The highest BCUT2D eigenvalue weighted by molar-refractivity contribution is 7.80. The zero-order chi connectivity index (χ0) is 26.5. The van der Waals surface area contributed by atoms with Crippen LogP contribution in [0, 0.1) is 5.82 Å². The predicted octanol–water partition coefficient (Wildman–Crippen LogP) is 5.41. The molecule has 0 aliphatic carbocycles. The minimum Gasteiger partial charge on any atom is -0.494 e. The Morgan fingerprint density at radius 3 is 2.61 bits per heavy atom. The monoisotopic (exact) mass is 529 g/mol. The summed E-state index contributed by atoms with van der Waals surface area (Å²) in [5.74, 6) is 0.0443. The number of para-hydroxylation sites is 1. The normalized spacial score (nSPS) is 16.8. The predicted molar refractivity (Wildman–Crippen MR) is 149 cm³/mol. The molecule has 1 amide bonds. The van der Waals surface area contributed by atoms with Crippen LogP contribution >= 0.6 is 12.2 Å². The number of pyridine rings is 1. The van der Waals surface area contributed by atoms with E-state index in [0.717, 1.165) is 22.8 Å².